The van der Waals surface area contributed by atoms with Gasteiger partial charge in [0.2, 0.25) is 0 Å². The van der Waals surface area contributed by atoms with E-state index in [1.165, 1.54) is 11.3 Å². The van der Waals surface area contributed by atoms with Crippen molar-refractivity contribution in [3.05, 3.63) is 8.66 Å². The maximum Gasteiger partial charge on any atom is 0.264 e. The van der Waals surface area contributed by atoms with Crippen LogP contribution >= 0.6 is 27.3 Å². The fraction of sp³-hybridized carbons (Fsp3) is 0.688. The molecule has 1 amide bonds. The van der Waals surface area contributed by atoms with E-state index < -0.39 is 8.32 Å². The average Bonchev–Trinajstić information content (AvgIpc) is 2.75. The van der Waals surface area contributed by atoms with Crippen LogP contribution in [0.2, 0.25) is 18.1 Å². The van der Waals surface area contributed by atoms with Crippen LogP contribution in [0.5, 0.6) is 5.75 Å². The van der Waals surface area contributed by atoms with Gasteiger partial charge in [0.05, 0.1) is 19.2 Å². The van der Waals surface area contributed by atoms with Gasteiger partial charge in [-0.05, 0) is 34.1 Å². The number of thiophene rings is 1. The van der Waals surface area contributed by atoms with Crippen LogP contribution in [0.25, 0.3) is 0 Å². The Morgan fingerprint density at radius 2 is 2.17 bits per heavy atom. The summed E-state index contributed by atoms with van der Waals surface area (Å²) in [5.41, 5.74) is 0.936. The Balaban J connectivity index is 1.77. The number of rotatable bonds is 3. The van der Waals surface area contributed by atoms with Gasteiger partial charge in [-0.15, -0.1) is 11.3 Å². The fourth-order valence-electron chi connectivity index (χ4n) is 2.68. The van der Waals surface area contributed by atoms with Crippen molar-refractivity contribution in [3.8, 4) is 5.75 Å². The van der Waals surface area contributed by atoms with E-state index in [1.807, 2.05) is 0 Å². The first-order valence-corrected chi connectivity index (χ1v) is 12.8. The minimum absolute atomic E-state index is 0.00375. The summed E-state index contributed by atoms with van der Waals surface area (Å²) in [7, 11) is -1.83. The van der Waals surface area contributed by atoms with Gasteiger partial charge in [0.15, 0.2) is 14.1 Å². The zero-order valence-electron chi connectivity index (χ0n) is 14.9. The number of nitrogens with one attached hydrogen (secondary N) is 1. The Morgan fingerprint density at radius 1 is 1.46 bits per heavy atom. The van der Waals surface area contributed by atoms with Crippen LogP contribution in [0.1, 0.15) is 30.4 Å². The third-order valence-corrected chi connectivity index (χ3v) is 11.5. The van der Waals surface area contributed by atoms with Gasteiger partial charge in [-0.3, -0.25) is 4.79 Å². The molecule has 1 aromatic rings. The molecular formula is C16H25BrN2O3SSi. The Kier molecular flexibility index (Phi) is 4.78. The summed E-state index contributed by atoms with van der Waals surface area (Å²) < 4.78 is 13.0. The van der Waals surface area contributed by atoms with E-state index in [-0.39, 0.29) is 17.0 Å². The van der Waals surface area contributed by atoms with Crippen LogP contribution in [0, 0.1) is 0 Å². The predicted molar refractivity (Wildman–Crippen MR) is 104 cm³/mol. The maximum absolute atomic E-state index is 12.6. The van der Waals surface area contributed by atoms with Gasteiger partial charge in [0.1, 0.15) is 21.0 Å². The lowest BCUT2D eigenvalue weighted by Gasteiger charge is -2.38. The van der Waals surface area contributed by atoms with Crippen molar-refractivity contribution in [2.24, 2.45) is 0 Å². The zero-order valence-corrected chi connectivity index (χ0v) is 18.3. The predicted octanol–water partition coefficient (Wildman–Crippen LogP) is 3.84. The first kappa shape index (κ1) is 18.2. The SMILES string of the molecule is CC(C)(C)[Si](C)(C)OC[C@@H]1CN2CCOc3c(Br)sc(c32)C(=O)N1. The number of halogens is 1. The first-order valence-electron chi connectivity index (χ1n) is 8.25. The van der Waals surface area contributed by atoms with Crippen molar-refractivity contribution < 1.29 is 14.0 Å². The quantitative estimate of drug-likeness (QED) is 0.736. The Bertz CT molecular complexity index is 656. The molecule has 134 valence electrons. The van der Waals surface area contributed by atoms with Crippen LogP contribution in [-0.2, 0) is 4.43 Å². The number of carbonyl (C=O) groups excluding carboxylic acids is 1. The minimum Gasteiger partial charge on any atom is -0.487 e. The second kappa shape index (κ2) is 6.30. The number of amides is 1. The van der Waals surface area contributed by atoms with Crippen LogP contribution in [0.3, 0.4) is 0 Å². The minimum atomic E-state index is -1.83. The third-order valence-electron chi connectivity index (χ3n) is 5.16. The van der Waals surface area contributed by atoms with Crippen molar-refractivity contribution in [1.82, 2.24) is 5.32 Å². The van der Waals surface area contributed by atoms with Gasteiger partial charge in [0.25, 0.3) is 5.91 Å². The molecule has 3 rings (SSSR count). The highest BCUT2D eigenvalue weighted by molar-refractivity contribution is 9.11. The number of hydrogen-bond acceptors (Lipinski definition) is 5. The molecule has 5 nitrogen and oxygen atoms in total. The number of ether oxygens (including phenoxy) is 1. The number of anilines is 1. The van der Waals surface area contributed by atoms with Crippen LogP contribution in [0.4, 0.5) is 5.69 Å². The lowest BCUT2D eigenvalue weighted by Crippen LogP contribution is -2.49. The first-order chi connectivity index (χ1) is 11.1. The topological polar surface area (TPSA) is 50.8 Å². The second-order valence-corrected chi connectivity index (χ2v) is 15.1. The summed E-state index contributed by atoms with van der Waals surface area (Å²) in [6.07, 6.45) is 0. The molecule has 0 bridgehead atoms. The monoisotopic (exact) mass is 432 g/mol. The molecular weight excluding hydrogens is 408 g/mol. The summed E-state index contributed by atoms with van der Waals surface area (Å²) in [6.45, 7) is 13.9. The number of nitrogens with zero attached hydrogens (tertiary/aromatic N) is 1. The van der Waals surface area contributed by atoms with Gasteiger partial charge >= 0.3 is 0 Å². The van der Waals surface area contributed by atoms with E-state index in [4.69, 9.17) is 9.16 Å². The molecule has 0 spiro atoms. The van der Waals surface area contributed by atoms with Crippen LogP contribution in [0.15, 0.2) is 3.79 Å². The van der Waals surface area contributed by atoms with Crippen molar-refractivity contribution in [1.29, 1.82) is 0 Å². The highest BCUT2D eigenvalue weighted by Crippen LogP contribution is 2.48. The Labute approximate surface area is 157 Å². The molecule has 0 saturated carbocycles. The number of carbonyl (C=O) groups is 1. The highest BCUT2D eigenvalue weighted by atomic mass is 79.9. The second-order valence-electron chi connectivity index (χ2n) is 7.92. The van der Waals surface area contributed by atoms with E-state index in [9.17, 15) is 4.79 Å². The van der Waals surface area contributed by atoms with E-state index in [0.717, 1.165) is 33.2 Å². The lowest BCUT2D eigenvalue weighted by molar-refractivity contribution is 0.0930. The molecule has 3 heterocycles. The standard InChI is InChI=1S/C16H25BrN2O3SSi/c1-16(2,3)24(4,5)22-9-10-8-19-6-7-21-12-11(19)13(15(20)18-10)23-14(12)17/h10H,6-9H2,1-5H3,(H,18,20)/t10-/m0/s1. The molecule has 0 unspecified atom stereocenters. The van der Waals surface area contributed by atoms with Gasteiger partial charge in [-0.2, -0.15) is 0 Å². The fourth-order valence-corrected chi connectivity index (χ4v) is 5.42. The molecule has 24 heavy (non-hydrogen) atoms. The molecule has 0 aromatic carbocycles. The summed E-state index contributed by atoms with van der Waals surface area (Å²) in [5.74, 6) is 0.779. The molecule has 2 aliphatic heterocycles. The average molecular weight is 433 g/mol. The summed E-state index contributed by atoms with van der Waals surface area (Å²) in [6, 6.07) is -0.00375. The van der Waals surface area contributed by atoms with Crippen molar-refractivity contribution in [2.75, 3.05) is 31.2 Å². The van der Waals surface area contributed by atoms with Gasteiger partial charge in [-0.1, -0.05) is 20.8 Å². The summed E-state index contributed by atoms with van der Waals surface area (Å²) in [5, 5.41) is 3.31. The third kappa shape index (κ3) is 3.25. The van der Waals surface area contributed by atoms with E-state index >= 15 is 0 Å². The van der Waals surface area contributed by atoms with Crippen molar-refractivity contribution in [2.45, 2.75) is 44.9 Å². The Hall–Kier alpha value is -0.573. The molecule has 1 aromatic heterocycles. The smallest absolute Gasteiger partial charge is 0.264 e. The van der Waals surface area contributed by atoms with Gasteiger partial charge in [-0.25, -0.2) is 0 Å². The van der Waals surface area contributed by atoms with E-state index in [1.54, 1.807) is 0 Å². The van der Waals surface area contributed by atoms with Gasteiger partial charge in [0, 0.05) is 6.54 Å². The molecule has 1 N–H and O–H groups in total. The summed E-state index contributed by atoms with van der Waals surface area (Å²) >= 11 is 4.96. The molecule has 1 atom stereocenters. The molecule has 8 heteroatoms. The van der Waals surface area contributed by atoms with Gasteiger partial charge < -0.3 is 19.4 Å². The maximum atomic E-state index is 12.6. The molecule has 0 fully saturated rings. The zero-order chi connectivity index (χ0) is 17.7. The number of hydrogen-bond donors (Lipinski definition) is 1. The molecule has 0 radical (unpaired) electrons. The van der Waals surface area contributed by atoms with E-state index in [0.29, 0.717) is 13.2 Å². The Morgan fingerprint density at radius 3 is 2.83 bits per heavy atom. The summed E-state index contributed by atoms with van der Waals surface area (Å²) in [4.78, 5) is 15.6. The molecule has 2 aliphatic rings. The lowest BCUT2D eigenvalue weighted by atomic mass is 10.2. The molecule has 0 aliphatic carbocycles. The largest absolute Gasteiger partial charge is 0.487 e. The van der Waals surface area contributed by atoms with Crippen molar-refractivity contribution >= 4 is 47.2 Å². The van der Waals surface area contributed by atoms with Crippen LogP contribution < -0.4 is 15.0 Å². The normalized spacial score (nSPS) is 21.0. The van der Waals surface area contributed by atoms with Crippen molar-refractivity contribution in [3.63, 3.8) is 0 Å². The van der Waals surface area contributed by atoms with Crippen LogP contribution in [-0.4, -0.2) is 46.6 Å². The highest BCUT2D eigenvalue weighted by Gasteiger charge is 2.39. The molecule has 0 saturated heterocycles. The van der Waals surface area contributed by atoms with E-state index in [2.05, 4.69) is 60.0 Å².